The molecule has 0 amide bonds. The molecule has 8 heteroatoms. The lowest BCUT2D eigenvalue weighted by Crippen LogP contribution is -2.16. The first-order valence-corrected chi connectivity index (χ1v) is 14.1. The molecule has 0 saturated carbocycles. The highest BCUT2D eigenvalue weighted by Gasteiger charge is 2.25. The first-order chi connectivity index (χ1) is 15.8. The predicted octanol–water partition coefficient (Wildman–Crippen LogP) is 4.95. The van der Waals surface area contributed by atoms with Crippen LogP contribution in [-0.4, -0.2) is 33.5 Å². The molecule has 1 aliphatic rings. The standard InChI is InChI=1S/C25H22FN5OSi/c1-16-29-25(32-30-16)24-22-14-27-23(18-7-5-6-8-20(18)26)19-13-17(11-12-33(2,3)4)9-10-21(19)31(22)15-28-24/h5-10,13,15H,14H2,1-4H3. The summed E-state index contributed by atoms with van der Waals surface area (Å²) in [5.74, 6) is 3.85. The Morgan fingerprint density at radius 2 is 1.91 bits per heavy atom. The lowest BCUT2D eigenvalue weighted by atomic mass is 9.98. The number of imidazole rings is 1. The summed E-state index contributed by atoms with van der Waals surface area (Å²) in [4.78, 5) is 13.7. The van der Waals surface area contributed by atoms with Gasteiger partial charge in [-0.3, -0.25) is 9.56 Å². The van der Waals surface area contributed by atoms with Gasteiger partial charge in [0, 0.05) is 16.7 Å². The second-order valence-corrected chi connectivity index (χ2v) is 13.7. The van der Waals surface area contributed by atoms with Gasteiger partial charge in [-0.2, -0.15) is 4.98 Å². The van der Waals surface area contributed by atoms with E-state index in [0.717, 1.165) is 22.5 Å². The second-order valence-electron chi connectivity index (χ2n) is 8.93. The number of aryl methyl sites for hydroxylation is 1. The summed E-state index contributed by atoms with van der Waals surface area (Å²) >= 11 is 0. The van der Waals surface area contributed by atoms with Crippen LogP contribution in [0, 0.1) is 24.2 Å². The molecule has 164 valence electrons. The Kier molecular flexibility index (Phi) is 5.06. The van der Waals surface area contributed by atoms with Gasteiger partial charge in [-0.15, -0.1) is 5.54 Å². The SMILES string of the molecule is Cc1noc(-c2ncn3c2CN=C(c2ccccc2F)c2cc(C#C[Si](C)(C)C)ccc2-3)n1. The van der Waals surface area contributed by atoms with Crippen molar-refractivity contribution in [2.24, 2.45) is 4.99 Å². The van der Waals surface area contributed by atoms with E-state index in [1.165, 1.54) is 6.07 Å². The molecule has 1 aliphatic heterocycles. The molecule has 33 heavy (non-hydrogen) atoms. The van der Waals surface area contributed by atoms with E-state index in [1.54, 1.807) is 25.4 Å². The number of nitrogens with zero attached hydrogens (tertiary/aromatic N) is 5. The van der Waals surface area contributed by atoms with Crippen molar-refractivity contribution in [1.29, 1.82) is 0 Å². The van der Waals surface area contributed by atoms with Gasteiger partial charge in [0.2, 0.25) is 0 Å². The highest BCUT2D eigenvalue weighted by Crippen LogP contribution is 2.31. The van der Waals surface area contributed by atoms with Crippen LogP contribution in [0.4, 0.5) is 4.39 Å². The molecular weight excluding hydrogens is 433 g/mol. The van der Waals surface area contributed by atoms with Gasteiger partial charge in [-0.25, -0.2) is 9.37 Å². The lowest BCUT2D eigenvalue weighted by Gasteiger charge is -2.13. The Morgan fingerprint density at radius 1 is 1.09 bits per heavy atom. The highest BCUT2D eigenvalue weighted by atomic mass is 28.3. The molecule has 2 aromatic carbocycles. The summed E-state index contributed by atoms with van der Waals surface area (Å²) in [6.45, 7) is 8.65. The zero-order valence-corrected chi connectivity index (χ0v) is 19.8. The quantitative estimate of drug-likeness (QED) is 0.317. The Morgan fingerprint density at radius 3 is 2.64 bits per heavy atom. The van der Waals surface area contributed by atoms with E-state index in [1.807, 2.05) is 28.8 Å². The van der Waals surface area contributed by atoms with Crippen LogP contribution in [-0.2, 0) is 6.54 Å². The molecule has 5 rings (SSSR count). The topological polar surface area (TPSA) is 69.1 Å². The number of hydrogen-bond donors (Lipinski definition) is 0. The van der Waals surface area contributed by atoms with Crippen LogP contribution in [0.2, 0.25) is 19.6 Å². The minimum atomic E-state index is -1.56. The smallest absolute Gasteiger partial charge is 0.278 e. The van der Waals surface area contributed by atoms with Gasteiger partial charge in [0.05, 0.1) is 23.6 Å². The van der Waals surface area contributed by atoms with Gasteiger partial charge in [0.25, 0.3) is 5.89 Å². The van der Waals surface area contributed by atoms with E-state index in [9.17, 15) is 4.39 Å². The first kappa shape index (κ1) is 21.0. The molecule has 0 fully saturated rings. The maximum Gasteiger partial charge on any atom is 0.278 e. The Balaban J connectivity index is 1.73. The van der Waals surface area contributed by atoms with Crippen LogP contribution in [0.15, 0.2) is 58.3 Å². The maximum atomic E-state index is 14.9. The maximum absolute atomic E-state index is 14.9. The van der Waals surface area contributed by atoms with E-state index in [-0.39, 0.29) is 12.4 Å². The van der Waals surface area contributed by atoms with Crippen molar-refractivity contribution >= 4 is 13.8 Å². The summed E-state index contributed by atoms with van der Waals surface area (Å²) < 4.78 is 22.2. The fraction of sp³-hybridized carbons (Fsp3) is 0.200. The third-order valence-corrected chi connectivity index (χ3v) is 6.08. The molecule has 0 radical (unpaired) electrons. The van der Waals surface area contributed by atoms with Crippen LogP contribution in [0.1, 0.15) is 28.2 Å². The molecule has 0 unspecified atom stereocenters. The molecule has 3 heterocycles. The molecule has 2 aromatic heterocycles. The van der Waals surface area contributed by atoms with Gasteiger partial charge in [-0.05, 0) is 37.3 Å². The second kappa shape index (κ2) is 7.94. The summed E-state index contributed by atoms with van der Waals surface area (Å²) in [7, 11) is -1.56. The molecule has 4 aromatic rings. The summed E-state index contributed by atoms with van der Waals surface area (Å²) in [5.41, 5.74) is 8.31. The molecule has 0 spiro atoms. The number of hydrogen-bond acceptors (Lipinski definition) is 5. The van der Waals surface area contributed by atoms with Gasteiger partial charge in [0.15, 0.2) is 11.5 Å². The molecular formula is C25H22FN5OSi. The van der Waals surface area contributed by atoms with Crippen LogP contribution in [0.25, 0.3) is 17.3 Å². The normalized spacial score (nSPS) is 12.8. The van der Waals surface area contributed by atoms with Gasteiger partial charge in [-0.1, -0.05) is 42.9 Å². The van der Waals surface area contributed by atoms with Gasteiger partial charge >= 0.3 is 0 Å². The van der Waals surface area contributed by atoms with E-state index in [2.05, 4.69) is 46.2 Å². The Hall–Kier alpha value is -3.83. The van der Waals surface area contributed by atoms with Crippen molar-refractivity contribution in [2.45, 2.75) is 33.1 Å². The van der Waals surface area contributed by atoms with Crippen molar-refractivity contribution < 1.29 is 8.91 Å². The highest BCUT2D eigenvalue weighted by molar-refractivity contribution is 6.83. The van der Waals surface area contributed by atoms with Crippen molar-refractivity contribution in [3.63, 3.8) is 0 Å². The van der Waals surface area contributed by atoms with Crippen LogP contribution in [0.3, 0.4) is 0 Å². The van der Waals surface area contributed by atoms with Gasteiger partial charge < -0.3 is 4.52 Å². The summed E-state index contributed by atoms with van der Waals surface area (Å²) in [6, 6.07) is 12.6. The Bertz CT molecular complexity index is 1470. The fourth-order valence-electron chi connectivity index (χ4n) is 3.70. The van der Waals surface area contributed by atoms with Crippen LogP contribution >= 0.6 is 0 Å². The number of aliphatic imine (C=N–C) groups is 1. The van der Waals surface area contributed by atoms with E-state index in [4.69, 9.17) is 9.52 Å². The number of rotatable bonds is 2. The molecule has 6 nitrogen and oxygen atoms in total. The number of halogens is 1. The third-order valence-electron chi connectivity index (χ3n) is 5.21. The average molecular weight is 456 g/mol. The van der Waals surface area contributed by atoms with Crippen molar-refractivity contribution in [3.8, 4) is 28.7 Å². The van der Waals surface area contributed by atoms with Crippen molar-refractivity contribution in [1.82, 2.24) is 19.7 Å². The number of aromatic nitrogens is 4. The number of benzene rings is 2. The van der Waals surface area contributed by atoms with Crippen molar-refractivity contribution in [2.75, 3.05) is 0 Å². The molecule has 0 atom stereocenters. The third kappa shape index (κ3) is 4.03. The lowest BCUT2D eigenvalue weighted by molar-refractivity contribution is 0.424. The zero-order chi connectivity index (χ0) is 23.2. The number of fused-ring (bicyclic) bond motifs is 3. The molecule has 0 saturated heterocycles. The van der Waals surface area contributed by atoms with E-state index in [0.29, 0.717) is 28.7 Å². The van der Waals surface area contributed by atoms with Crippen LogP contribution < -0.4 is 0 Å². The predicted molar refractivity (Wildman–Crippen MR) is 128 cm³/mol. The monoisotopic (exact) mass is 455 g/mol. The molecule has 0 aliphatic carbocycles. The Labute approximate surface area is 192 Å². The average Bonchev–Trinajstić information content (AvgIpc) is 3.35. The molecule has 0 bridgehead atoms. The summed E-state index contributed by atoms with van der Waals surface area (Å²) in [6.07, 6.45) is 1.72. The fourth-order valence-corrected chi connectivity index (χ4v) is 4.22. The van der Waals surface area contributed by atoms with E-state index < -0.39 is 8.07 Å². The van der Waals surface area contributed by atoms with Crippen molar-refractivity contribution in [3.05, 3.63) is 82.8 Å². The minimum Gasteiger partial charge on any atom is -0.332 e. The minimum absolute atomic E-state index is 0.283. The zero-order valence-electron chi connectivity index (χ0n) is 18.8. The van der Waals surface area contributed by atoms with Crippen LogP contribution in [0.5, 0.6) is 0 Å². The van der Waals surface area contributed by atoms with E-state index >= 15 is 0 Å². The summed E-state index contributed by atoms with van der Waals surface area (Å²) in [5, 5.41) is 3.88. The van der Waals surface area contributed by atoms with Gasteiger partial charge in [0.1, 0.15) is 20.2 Å². The largest absolute Gasteiger partial charge is 0.332 e. The first-order valence-electron chi connectivity index (χ1n) is 10.6. The molecule has 0 N–H and O–H groups in total.